The van der Waals surface area contributed by atoms with E-state index in [1.54, 1.807) is 13.0 Å². The minimum atomic E-state index is -4.73. The number of halogens is 3. The molecule has 138 valence electrons. The highest BCUT2D eigenvalue weighted by molar-refractivity contribution is 6.00. The number of aryl methyl sites for hydroxylation is 1. The lowest BCUT2D eigenvalue weighted by atomic mass is 9.75. The van der Waals surface area contributed by atoms with Crippen LogP contribution in [-0.4, -0.2) is 21.5 Å². The minimum Gasteiger partial charge on any atom is -0.366 e. The Kier molecular flexibility index (Phi) is 3.97. The molecule has 0 fully saturated rings. The van der Waals surface area contributed by atoms with Crippen molar-refractivity contribution in [1.82, 2.24) is 9.78 Å². The van der Waals surface area contributed by atoms with Crippen LogP contribution < -0.4 is 5.73 Å². The molecule has 1 aliphatic rings. The molecule has 0 radical (unpaired) electrons. The number of hydrogen-bond acceptors (Lipinski definition) is 3. The number of hydrogen-bond donors (Lipinski definition) is 1. The van der Waals surface area contributed by atoms with Gasteiger partial charge in [0.25, 0.3) is 0 Å². The number of nitrogens with zero attached hydrogens (tertiary/aromatic N) is 2. The average Bonchev–Trinajstić information content (AvgIpc) is 2.84. The van der Waals surface area contributed by atoms with E-state index in [0.29, 0.717) is 11.3 Å². The van der Waals surface area contributed by atoms with Crippen LogP contribution in [0.5, 0.6) is 0 Å². The van der Waals surface area contributed by atoms with Crippen molar-refractivity contribution in [3.63, 3.8) is 0 Å². The van der Waals surface area contributed by atoms with E-state index in [-0.39, 0.29) is 29.7 Å². The van der Waals surface area contributed by atoms with Gasteiger partial charge in [-0.3, -0.25) is 9.59 Å². The molecule has 8 heteroatoms. The quantitative estimate of drug-likeness (QED) is 0.885. The molecule has 0 unspecified atom stereocenters. The number of carbonyl (C=O) groups is 2. The molecule has 0 spiro atoms. The molecule has 1 aromatic carbocycles. The van der Waals surface area contributed by atoms with E-state index in [2.05, 4.69) is 5.10 Å². The Morgan fingerprint density at radius 2 is 1.92 bits per heavy atom. The van der Waals surface area contributed by atoms with Crippen molar-refractivity contribution in [3.05, 3.63) is 46.3 Å². The summed E-state index contributed by atoms with van der Waals surface area (Å²) in [5, 5.41) is 3.72. The number of primary amides is 1. The van der Waals surface area contributed by atoms with Crippen molar-refractivity contribution in [2.75, 3.05) is 0 Å². The largest absolute Gasteiger partial charge is 0.435 e. The van der Waals surface area contributed by atoms with E-state index >= 15 is 0 Å². The molecule has 0 saturated carbocycles. The maximum atomic E-state index is 13.4. The van der Waals surface area contributed by atoms with Gasteiger partial charge in [-0.25, -0.2) is 4.68 Å². The average molecular weight is 365 g/mol. The molecule has 1 amide bonds. The van der Waals surface area contributed by atoms with E-state index in [1.165, 1.54) is 12.1 Å². The van der Waals surface area contributed by atoms with Gasteiger partial charge in [0, 0.05) is 12.0 Å². The summed E-state index contributed by atoms with van der Waals surface area (Å²) in [5.74, 6) is -1.18. The predicted octanol–water partition coefficient (Wildman–Crippen LogP) is 3.45. The smallest absolute Gasteiger partial charge is 0.366 e. The Labute approximate surface area is 148 Å². The van der Waals surface area contributed by atoms with Crippen LogP contribution in [-0.2, 0) is 12.6 Å². The van der Waals surface area contributed by atoms with Gasteiger partial charge in [0.15, 0.2) is 11.5 Å². The molecular weight excluding hydrogens is 347 g/mol. The highest BCUT2D eigenvalue weighted by atomic mass is 19.4. The molecule has 2 N–H and O–H groups in total. The van der Waals surface area contributed by atoms with E-state index in [9.17, 15) is 22.8 Å². The monoisotopic (exact) mass is 365 g/mol. The molecule has 0 bridgehead atoms. The maximum Gasteiger partial charge on any atom is 0.435 e. The third-order valence-electron chi connectivity index (χ3n) is 4.53. The van der Waals surface area contributed by atoms with Gasteiger partial charge in [-0.05, 0) is 42.5 Å². The van der Waals surface area contributed by atoms with Crippen LogP contribution in [0.4, 0.5) is 13.2 Å². The van der Waals surface area contributed by atoms with Crippen LogP contribution in [0.3, 0.4) is 0 Å². The lowest BCUT2D eigenvalue weighted by Crippen LogP contribution is -2.29. The summed E-state index contributed by atoms with van der Waals surface area (Å²) in [7, 11) is 0. The summed E-state index contributed by atoms with van der Waals surface area (Å²) >= 11 is 0. The summed E-state index contributed by atoms with van der Waals surface area (Å²) in [6.07, 6.45) is -4.41. The number of nitrogens with two attached hydrogens (primary N) is 1. The second-order valence-corrected chi connectivity index (χ2v) is 7.38. The third kappa shape index (κ3) is 3.00. The zero-order valence-corrected chi connectivity index (χ0v) is 14.6. The second-order valence-electron chi connectivity index (χ2n) is 7.38. The number of fused-ring (bicyclic) bond motifs is 1. The molecule has 5 nitrogen and oxygen atoms in total. The molecular formula is C18H18F3N3O2. The summed E-state index contributed by atoms with van der Waals surface area (Å²) in [6.45, 7) is 5.30. The normalized spacial score (nSPS) is 16.5. The summed E-state index contributed by atoms with van der Waals surface area (Å²) in [4.78, 5) is 23.8. The topological polar surface area (TPSA) is 78.0 Å². The molecule has 26 heavy (non-hydrogen) atoms. The highest BCUT2D eigenvalue weighted by Crippen LogP contribution is 2.41. The Morgan fingerprint density at radius 3 is 2.46 bits per heavy atom. The first kappa shape index (κ1) is 18.2. The zero-order valence-electron chi connectivity index (χ0n) is 14.6. The fourth-order valence-corrected chi connectivity index (χ4v) is 3.42. The van der Waals surface area contributed by atoms with Crippen molar-refractivity contribution >= 4 is 11.7 Å². The molecule has 0 atom stereocenters. The number of aromatic nitrogens is 2. The van der Waals surface area contributed by atoms with Gasteiger partial charge in [-0.2, -0.15) is 18.3 Å². The minimum absolute atomic E-state index is 0.0361. The van der Waals surface area contributed by atoms with Crippen LogP contribution in [0.2, 0.25) is 0 Å². The van der Waals surface area contributed by atoms with Crippen molar-refractivity contribution in [2.24, 2.45) is 11.1 Å². The molecule has 3 rings (SSSR count). The predicted molar refractivity (Wildman–Crippen MR) is 88.3 cm³/mol. The van der Waals surface area contributed by atoms with Crippen molar-refractivity contribution < 1.29 is 22.8 Å². The van der Waals surface area contributed by atoms with E-state index in [1.807, 2.05) is 13.8 Å². The van der Waals surface area contributed by atoms with Crippen LogP contribution in [0, 0.1) is 12.3 Å². The summed E-state index contributed by atoms with van der Waals surface area (Å²) in [6, 6.07) is 4.47. The SMILES string of the molecule is Cc1cc(-n2nc(C(F)(F)F)c3c2CC(C)(C)CC3=O)ccc1C(N)=O. The Bertz CT molecular complexity index is 926. The van der Waals surface area contributed by atoms with E-state index in [4.69, 9.17) is 5.73 Å². The van der Waals surface area contributed by atoms with Gasteiger partial charge in [0.1, 0.15) is 0 Å². The Morgan fingerprint density at radius 1 is 1.27 bits per heavy atom. The molecule has 1 aromatic heterocycles. The number of carbonyl (C=O) groups excluding carboxylic acids is 2. The number of alkyl halides is 3. The Balaban J connectivity index is 2.25. The summed E-state index contributed by atoms with van der Waals surface area (Å²) < 4.78 is 41.5. The maximum absolute atomic E-state index is 13.4. The number of rotatable bonds is 2. The first-order chi connectivity index (χ1) is 11.9. The van der Waals surface area contributed by atoms with Crippen molar-refractivity contribution in [3.8, 4) is 5.69 Å². The van der Waals surface area contributed by atoms with Crippen LogP contribution >= 0.6 is 0 Å². The van der Waals surface area contributed by atoms with Crippen LogP contribution in [0.1, 0.15) is 57.9 Å². The molecule has 1 aliphatic carbocycles. The first-order valence-electron chi connectivity index (χ1n) is 8.04. The first-order valence-corrected chi connectivity index (χ1v) is 8.04. The van der Waals surface area contributed by atoms with E-state index in [0.717, 1.165) is 4.68 Å². The van der Waals surface area contributed by atoms with Gasteiger partial charge in [-0.1, -0.05) is 13.8 Å². The number of amides is 1. The number of benzene rings is 1. The van der Waals surface area contributed by atoms with Gasteiger partial charge >= 0.3 is 6.18 Å². The molecule has 0 aliphatic heterocycles. The zero-order chi connectivity index (χ0) is 19.4. The number of Topliss-reactive ketones (excluding diaryl/α,β-unsaturated/α-hetero) is 1. The van der Waals surface area contributed by atoms with Gasteiger partial charge in [0.2, 0.25) is 5.91 Å². The van der Waals surface area contributed by atoms with E-state index < -0.39 is 29.0 Å². The van der Waals surface area contributed by atoms with Gasteiger partial charge in [0.05, 0.1) is 16.9 Å². The molecule has 1 heterocycles. The lowest BCUT2D eigenvalue weighted by Gasteiger charge is -2.29. The third-order valence-corrected chi connectivity index (χ3v) is 4.53. The van der Waals surface area contributed by atoms with Crippen LogP contribution in [0.15, 0.2) is 18.2 Å². The number of ketones is 1. The van der Waals surface area contributed by atoms with Crippen molar-refractivity contribution in [1.29, 1.82) is 0 Å². The second kappa shape index (κ2) is 5.69. The summed E-state index contributed by atoms with van der Waals surface area (Å²) in [5.41, 5.74) is 4.69. The molecule has 2 aromatic rings. The van der Waals surface area contributed by atoms with Gasteiger partial charge < -0.3 is 5.73 Å². The van der Waals surface area contributed by atoms with Crippen LogP contribution in [0.25, 0.3) is 5.69 Å². The fraction of sp³-hybridized carbons (Fsp3) is 0.389. The lowest BCUT2D eigenvalue weighted by molar-refractivity contribution is -0.141. The van der Waals surface area contributed by atoms with Crippen molar-refractivity contribution in [2.45, 2.75) is 39.8 Å². The fourth-order valence-electron chi connectivity index (χ4n) is 3.42. The standard InChI is InChI=1S/C18H18F3N3O2/c1-9-6-10(4-5-11(9)16(22)26)24-12-7-17(2,3)8-13(25)14(12)15(23-24)18(19,20)21/h4-6H,7-8H2,1-3H3,(H2,22,26). The Hall–Kier alpha value is -2.64. The highest BCUT2D eigenvalue weighted by Gasteiger charge is 2.45. The molecule has 0 saturated heterocycles. The van der Waals surface area contributed by atoms with Gasteiger partial charge in [-0.15, -0.1) is 0 Å².